The van der Waals surface area contributed by atoms with E-state index in [4.69, 9.17) is 5.11 Å². The van der Waals surface area contributed by atoms with Crippen LogP contribution in [0.25, 0.3) is 10.9 Å². The standard InChI is InChI=1S/C12H7BrF3NO2/c1-5-2-3-6-7(4-5)17-10(13)8(11(18)19)9(6)12(14,15)16/h2-4H,1H3,(H,18,19). The third-order valence-corrected chi connectivity index (χ3v) is 3.17. The number of pyridine rings is 1. The van der Waals surface area contributed by atoms with E-state index in [0.29, 0.717) is 0 Å². The van der Waals surface area contributed by atoms with Gasteiger partial charge in [0.2, 0.25) is 0 Å². The maximum atomic E-state index is 13.1. The average molecular weight is 334 g/mol. The van der Waals surface area contributed by atoms with Gasteiger partial charge in [-0.3, -0.25) is 0 Å². The number of rotatable bonds is 1. The lowest BCUT2D eigenvalue weighted by Crippen LogP contribution is -2.15. The highest BCUT2D eigenvalue weighted by Gasteiger charge is 2.39. The SMILES string of the molecule is Cc1ccc2c(C(F)(F)F)c(C(=O)O)c(Br)nc2c1. The van der Waals surface area contributed by atoms with Crippen LogP contribution in [0.1, 0.15) is 21.5 Å². The Morgan fingerprint density at radius 1 is 1.37 bits per heavy atom. The summed E-state index contributed by atoms with van der Waals surface area (Å²) in [6.45, 7) is 1.72. The molecule has 0 aliphatic heterocycles. The first kappa shape index (κ1) is 13.8. The molecule has 0 fully saturated rings. The number of hydrogen-bond donors (Lipinski definition) is 1. The van der Waals surface area contributed by atoms with E-state index in [1.54, 1.807) is 6.92 Å². The van der Waals surface area contributed by atoms with E-state index in [1.807, 2.05) is 0 Å². The van der Waals surface area contributed by atoms with Crippen LogP contribution in [0.15, 0.2) is 22.8 Å². The van der Waals surface area contributed by atoms with Gasteiger partial charge in [-0.25, -0.2) is 9.78 Å². The number of halogens is 4. The Bertz CT molecular complexity index is 683. The summed E-state index contributed by atoms with van der Waals surface area (Å²) in [7, 11) is 0. The normalized spacial score (nSPS) is 11.8. The van der Waals surface area contributed by atoms with Crippen molar-refractivity contribution in [3.63, 3.8) is 0 Å². The lowest BCUT2D eigenvalue weighted by atomic mass is 10.0. The molecule has 0 amide bonds. The van der Waals surface area contributed by atoms with Crippen LogP contribution in [-0.4, -0.2) is 16.1 Å². The molecular weight excluding hydrogens is 327 g/mol. The molecule has 19 heavy (non-hydrogen) atoms. The van der Waals surface area contributed by atoms with Crippen molar-refractivity contribution in [1.82, 2.24) is 4.98 Å². The van der Waals surface area contributed by atoms with Crippen LogP contribution in [0, 0.1) is 6.92 Å². The van der Waals surface area contributed by atoms with E-state index in [1.165, 1.54) is 18.2 Å². The third-order valence-electron chi connectivity index (χ3n) is 2.59. The summed E-state index contributed by atoms with van der Waals surface area (Å²) in [6, 6.07) is 4.19. The van der Waals surface area contributed by atoms with Gasteiger partial charge in [-0.15, -0.1) is 0 Å². The number of hydrogen-bond acceptors (Lipinski definition) is 2. The van der Waals surface area contributed by atoms with Crippen LogP contribution in [0.2, 0.25) is 0 Å². The van der Waals surface area contributed by atoms with Gasteiger partial charge in [-0.05, 0) is 34.5 Å². The summed E-state index contributed by atoms with van der Waals surface area (Å²) >= 11 is 2.79. The first-order valence-electron chi connectivity index (χ1n) is 5.12. The van der Waals surface area contributed by atoms with Gasteiger partial charge in [0.25, 0.3) is 0 Å². The Labute approximate surface area is 114 Å². The molecule has 1 N–H and O–H groups in total. The molecule has 2 aromatic rings. The zero-order chi connectivity index (χ0) is 14.4. The second-order valence-electron chi connectivity index (χ2n) is 3.98. The van der Waals surface area contributed by atoms with E-state index in [9.17, 15) is 18.0 Å². The molecule has 1 aromatic carbocycles. The molecule has 2 rings (SSSR count). The molecule has 0 spiro atoms. The van der Waals surface area contributed by atoms with Crippen molar-refractivity contribution < 1.29 is 23.1 Å². The largest absolute Gasteiger partial charge is 0.478 e. The van der Waals surface area contributed by atoms with Crippen molar-refractivity contribution in [2.24, 2.45) is 0 Å². The summed E-state index contributed by atoms with van der Waals surface area (Å²) in [5.41, 5.74) is -1.21. The van der Waals surface area contributed by atoms with E-state index in [0.717, 1.165) is 5.56 Å². The minimum Gasteiger partial charge on any atom is -0.478 e. The summed E-state index contributed by atoms with van der Waals surface area (Å²) in [5, 5.41) is 8.73. The number of aromatic carboxylic acids is 1. The molecule has 0 aliphatic carbocycles. The minimum absolute atomic E-state index is 0.101. The molecule has 3 nitrogen and oxygen atoms in total. The monoisotopic (exact) mass is 333 g/mol. The summed E-state index contributed by atoms with van der Waals surface area (Å²) < 4.78 is 39.0. The van der Waals surface area contributed by atoms with Gasteiger partial charge in [-0.2, -0.15) is 13.2 Å². The van der Waals surface area contributed by atoms with Crippen molar-refractivity contribution in [2.75, 3.05) is 0 Å². The Morgan fingerprint density at radius 2 is 2.00 bits per heavy atom. The van der Waals surface area contributed by atoms with Gasteiger partial charge in [0, 0.05) is 5.39 Å². The van der Waals surface area contributed by atoms with Gasteiger partial charge >= 0.3 is 12.1 Å². The Morgan fingerprint density at radius 3 is 2.53 bits per heavy atom. The molecule has 0 saturated carbocycles. The quantitative estimate of drug-likeness (QED) is 0.802. The van der Waals surface area contributed by atoms with Gasteiger partial charge in [0.15, 0.2) is 0 Å². The Hall–Kier alpha value is -1.63. The van der Waals surface area contributed by atoms with Crippen LogP contribution < -0.4 is 0 Å². The van der Waals surface area contributed by atoms with Crippen molar-refractivity contribution in [2.45, 2.75) is 13.1 Å². The highest BCUT2D eigenvalue weighted by molar-refractivity contribution is 9.10. The molecule has 0 aliphatic rings. The number of aromatic nitrogens is 1. The number of nitrogens with zero attached hydrogens (tertiary/aromatic N) is 1. The summed E-state index contributed by atoms with van der Waals surface area (Å²) in [4.78, 5) is 14.9. The smallest absolute Gasteiger partial charge is 0.418 e. The van der Waals surface area contributed by atoms with Gasteiger partial charge in [-0.1, -0.05) is 12.1 Å². The predicted octanol–water partition coefficient (Wildman–Crippen LogP) is 4.02. The second kappa shape index (κ2) is 4.48. The van der Waals surface area contributed by atoms with Crippen LogP contribution in [-0.2, 0) is 6.18 Å². The van der Waals surface area contributed by atoms with Gasteiger partial charge in [0.1, 0.15) is 10.2 Å². The number of carboxylic acid groups (broad SMARTS) is 1. The number of alkyl halides is 3. The number of benzene rings is 1. The van der Waals surface area contributed by atoms with Crippen molar-refractivity contribution in [1.29, 1.82) is 0 Å². The van der Waals surface area contributed by atoms with Crippen molar-refractivity contribution in [3.05, 3.63) is 39.5 Å². The highest BCUT2D eigenvalue weighted by atomic mass is 79.9. The molecule has 0 unspecified atom stereocenters. The maximum Gasteiger partial charge on any atom is 0.418 e. The summed E-state index contributed by atoms with van der Waals surface area (Å²) in [6.07, 6.45) is -4.77. The molecule has 0 atom stereocenters. The van der Waals surface area contributed by atoms with Crippen LogP contribution in [0.4, 0.5) is 13.2 Å². The first-order chi connectivity index (χ1) is 8.71. The van der Waals surface area contributed by atoms with E-state index < -0.39 is 23.3 Å². The Kier molecular flexibility index (Phi) is 3.25. The van der Waals surface area contributed by atoms with E-state index in [-0.39, 0.29) is 15.5 Å². The lowest BCUT2D eigenvalue weighted by molar-refractivity contribution is -0.136. The minimum atomic E-state index is -4.77. The van der Waals surface area contributed by atoms with Crippen LogP contribution >= 0.6 is 15.9 Å². The Balaban J connectivity index is 3.00. The fraction of sp³-hybridized carbons (Fsp3) is 0.167. The predicted molar refractivity (Wildman–Crippen MR) is 66.1 cm³/mol. The van der Waals surface area contributed by atoms with Gasteiger partial charge < -0.3 is 5.11 Å². The third kappa shape index (κ3) is 2.42. The zero-order valence-electron chi connectivity index (χ0n) is 9.55. The molecule has 0 radical (unpaired) electrons. The molecule has 1 aromatic heterocycles. The van der Waals surface area contributed by atoms with E-state index in [2.05, 4.69) is 20.9 Å². The van der Waals surface area contributed by atoms with Gasteiger partial charge in [0.05, 0.1) is 11.1 Å². The van der Waals surface area contributed by atoms with Crippen LogP contribution in [0.5, 0.6) is 0 Å². The topological polar surface area (TPSA) is 50.2 Å². The number of carbonyl (C=O) groups is 1. The van der Waals surface area contributed by atoms with E-state index >= 15 is 0 Å². The van der Waals surface area contributed by atoms with Crippen molar-refractivity contribution >= 4 is 32.8 Å². The average Bonchev–Trinajstić information content (AvgIpc) is 2.24. The first-order valence-corrected chi connectivity index (χ1v) is 5.91. The second-order valence-corrected chi connectivity index (χ2v) is 4.73. The van der Waals surface area contributed by atoms with Crippen LogP contribution in [0.3, 0.4) is 0 Å². The van der Waals surface area contributed by atoms with Crippen molar-refractivity contribution in [3.8, 4) is 0 Å². The molecule has 7 heteroatoms. The maximum absolute atomic E-state index is 13.1. The molecule has 0 saturated heterocycles. The fourth-order valence-electron chi connectivity index (χ4n) is 1.83. The summed E-state index contributed by atoms with van der Waals surface area (Å²) in [5.74, 6) is -1.67. The molecule has 100 valence electrons. The lowest BCUT2D eigenvalue weighted by Gasteiger charge is -2.14. The number of fused-ring (bicyclic) bond motifs is 1. The molecular formula is C12H7BrF3NO2. The zero-order valence-corrected chi connectivity index (χ0v) is 11.1. The molecule has 1 heterocycles. The molecule has 0 bridgehead atoms. The highest BCUT2D eigenvalue weighted by Crippen LogP contribution is 2.39. The number of aryl methyl sites for hydroxylation is 1. The number of carboxylic acids is 1. The fourth-order valence-corrected chi connectivity index (χ4v) is 2.39.